The van der Waals surface area contributed by atoms with Crippen LogP contribution in [0.25, 0.3) is 0 Å². The number of pyridine rings is 1. The van der Waals surface area contributed by atoms with Gasteiger partial charge in [-0.2, -0.15) is 0 Å². The third-order valence-electron chi connectivity index (χ3n) is 7.57. The molecule has 2 aliphatic carbocycles. The summed E-state index contributed by atoms with van der Waals surface area (Å²) in [4.78, 5) is 19.0. The number of carboxylic acid groups (broad SMARTS) is 1. The quantitative estimate of drug-likeness (QED) is 0.487. The van der Waals surface area contributed by atoms with Gasteiger partial charge < -0.3 is 9.84 Å². The van der Waals surface area contributed by atoms with Gasteiger partial charge in [0, 0.05) is 36.6 Å². The van der Waals surface area contributed by atoms with Gasteiger partial charge in [0.2, 0.25) is 0 Å². The van der Waals surface area contributed by atoms with E-state index in [1.54, 1.807) is 6.07 Å². The van der Waals surface area contributed by atoms with Crippen LogP contribution in [-0.4, -0.2) is 46.8 Å². The Morgan fingerprint density at radius 1 is 1.15 bits per heavy atom. The Labute approximate surface area is 201 Å². The molecule has 0 amide bonds. The molecule has 6 heteroatoms. The Bertz CT molecular complexity index is 1020. The van der Waals surface area contributed by atoms with Gasteiger partial charge in [0.05, 0.1) is 6.10 Å². The molecule has 1 N–H and O–H groups in total. The molecule has 2 aromatic rings. The molecule has 1 aliphatic heterocycles. The van der Waals surface area contributed by atoms with Gasteiger partial charge >= 0.3 is 5.97 Å². The molecule has 2 fully saturated rings. The molecule has 5 nitrogen and oxygen atoms in total. The Morgan fingerprint density at radius 2 is 2.00 bits per heavy atom. The third kappa shape index (κ3) is 5.33. The van der Waals surface area contributed by atoms with Gasteiger partial charge in [0.25, 0.3) is 0 Å². The van der Waals surface area contributed by atoms with Crippen LogP contribution in [-0.2, 0) is 28.8 Å². The first kappa shape index (κ1) is 23.4. The minimum atomic E-state index is -0.981. The van der Waals surface area contributed by atoms with E-state index >= 15 is 0 Å². The lowest BCUT2D eigenvalue weighted by Gasteiger charge is -2.27. The Morgan fingerprint density at radius 3 is 2.82 bits per heavy atom. The minimum absolute atomic E-state index is 0.000122. The highest BCUT2D eigenvalue weighted by atomic mass is 19.1. The number of aryl methyl sites for hydroxylation is 3. The first-order valence-electron chi connectivity index (χ1n) is 12.9. The van der Waals surface area contributed by atoms with Crippen molar-refractivity contribution in [3.63, 3.8) is 0 Å². The van der Waals surface area contributed by atoms with E-state index in [1.807, 2.05) is 11.0 Å². The van der Waals surface area contributed by atoms with E-state index in [-0.39, 0.29) is 6.10 Å². The number of aliphatic carboxylic acids is 1. The minimum Gasteiger partial charge on any atom is -0.480 e. The van der Waals surface area contributed by atoms with Gasteiger partial charge in [-0.05, 0) is 93.4 Å². The number of rotatable bonds is 10. The van der Waals surface area contributed by atoms with E-state index in [1.165, 1.54) is 35.9 Å². The van der Waals surface area contributed by atoms with Crippen molar-refractivity contribution in [2.45, 2.75) is 82.3 Å². The average molecular weight is 467 g/mol. The molecule has 1 aromatic carbocycles. The molecule has 182 valence electrons. The van der Waals surface area contributed by atoms with Crippen molar-refractivity contribution in [3.8, 4) is 0 Å². The second kappa shape index (κ2) is 10.5. The standard InChI is InChI=1S/C28H35FN2O3/c29-24-9-5-8-23(19-11-12-19)26(24)27(28(32)33)31-16-15-22(18-31)34-17-4-3-7-21-14-13-20-6-1-2-10-25(20)30-21/h5,8-9,13-14,19,22,27H,1-4,6-7,10-12,15-18H2,(H,32,33)/t22-,27?/m1/s1. The number of hydrogen-bond acceptors (Lipinski definition) is 4. The van der Waals surface area contributed by atoms with Crippen molar-refractivity contribution in [3.05, 3.63) is 64.2 Å². The molecule has 0 radical (unpaired) electrons. The molecule has 1 unspecified atom stereocenters. The molecule has 2 heterocycles. The second-order valence-electron chi connectivity index (χ2n) is 10.1. The molecule has 1 saturated carbocycles. The molecular weight excluding hydrogens is 431 g/mol. The number of hydrogen-bond donors (Lipinski definition) is 1. The normalized spacial score (nSPS) is 21.4. The lowest BCUT2D eigenvalue weighted by atomic mass is 9.95. The van der Waals surface area contributed by atoms with Gasteiger partial charge in [0.1, 0.15) is 11.9 Å². The summed E-state index contributed by atoms with van der Waals surface area (Å²) in [7, 11) is 0. The van der Waals surface area contributed by atoms with E-state index < -0.39 is 17.8 Å². The maximum Gasteiger partial charge on any atom is 0.325 e. The van der Waals surface area contributed by atoms with Crippen LogP contribution in [0.3, 0.4) is 0 Å². The number of carboxylic acids is 1. The van der Waals surface area contributed by atoms with Crippen molar-refractivity contribution >= 4 is 5.97 Å². The highest BCUT2D eigenvalue weighted by Crippen LogP contribution is 2.45. The fourth-order valence-electron chi connectivity index (χ4n) is 5.60. The number of halogens is 1. The Balaban J connectivity index is 1.11. The summed E-state index contributed by atoms with van der Waals surface area (Å²) in [6.07, 6.45) is 10.5. The van der Waals surface area contributed by atoms with Crippen LogP contribution in [0.15, 0.2) is 30.3 Å². The van der Waals surface area contributed by atoms with Gasteiger partial charge in [0.15, 0.2) is 0 Å². The van der Waals surface area contributed by atoms with Gasteiger partial charge in [-0.15, -0.1) is 0 Å². The van der Waals surface area contributed by atoms with Crippen molar-refractivity contribution in [1.29, 1.82) is 0 Å². The molecule has 2 atom stereocenters. The number of fused-ring (bicyclic) bond motifs is 1. The van der Waals surface area contributed by atoms with E-state index in [0.29, 0.717) is 31.2 Å². The van der Waals surface area contributed by atoms with Crippen molar-refractivity contribution in [2.24, 2.45) is 0 Å². The first-order chi connectivity index (χ1) is 16.6. The molecular formula is C28H35FN2O3. The molecule has 1 aromatic heterocycles. The van der Waals surface area contributed by atoms with Crippen molar-refractivity contribution in [1.82, 2.24) is 9.88 Å². The number of ether oxygens (including phenoxy) is 1. The SMILES string of the molecule is O=C(O)C(c1c(F)cccc1C1CC1)N1CC[C@@H](OCCCCc2ccc3c(n2)CCCC3)C1. The van der Waals surface area contributed by atoms with Crippen molar-refractivity contribution < 1.29 is 19.0 Å². The predicted octanol–water partition coefficient (Wildman–Crippen LogP) is 5.22. The molecule has 34 heavy (non-hydrogen) atoms. The summed E-state index contributed by atoms with van der Waals surface area (Å²) < 4.78 is 20.9. The number of aromatic nitrogens is 1. The summed E-state index contributed by atoms with van der Waals surface area (Å²) >= 11 is 0. The third-order valence-corrected chi connectivity index (χ3v) is 7.57. The van der Waals surface area contributed by atoms with E-state index in [2.05, 4.69) is 12.1 Å². The topological polar surface area (TPSA) is 62.7 Å². The second-order valence-corrected chi connectivity index (χ2v) is 10.1. The number of nitrogens with zero attached hydrogens (tertiary/aromatic N) is 2. The highest BCUT2D eigenvalue weighted by molar-refractivity contribution is 5.76. The van der Waals surface area contributed by atoms with E-state index in [4.69, 9.17) is 9.72 Å². The van der Waals surface area contributed by atoms with Gasteiger partial charge in [-0.3, -0.25) is 14.7 Å². The number of likely N-dealkylation sites (tertiary alicyclic amines) is 1. The first-order valence-corrected chi connectivity index (χ1v) is 12.9. The largest absolute Gasteiger partial charge is 0.480 e. The van der Waals surface area contributed by atoms with Gasteiger partial charge in [-0.1, -0.05) is 18.2 Å². The van der Waals surface area contributed by atoms with Gasteiger partial charge in [-0.25, -0.2) is 4.39 Å². The van der Waals surface area contributed by atoms with Crippen LogP contribution in [0.5, 0.6) is 0 Å². The Hall–Kier alpha value is -2.31. The zero-order valence-electron chi connectivity index (χ0n) is 19.8. The molecule has 1 saturated heterocycles. The molecule has 5 rings (SSSR count). The zero-order chi connectivity index (χ0) is 23.5. The number of benzene rings is 1. The maximum atomic E-state index is 14.8. The van der Waals surface area contributed by atoms with E-state index in [0.717, 1.165) is 56.9 Å². The highest BCUT2D eigenvalue weighted by Gasteiger charge is 2.39. The summed E-state index contributed by atoms with van der Waals surface area (Å²) in [6, 6.07) is 8.46. The Kier molecular flexibility index (Phi) is 7.26. The van der Waals surface area contributed by atoms with Crippen LogP contribution in [0.1, 0.15) is 85.0 Å². The fourth-order valence-corrected chi connectivity index (χ4v) is 5.60. The zero-order valence-corrected chi connectivity index (χ0v) is 19.8. The smallest absolute Gasteiger partial charge is 0.325 e. The summed E-state index contributed by atoms with van der Waals surface area (Å²) in [6.45, 7) is 1.80. The van der Waals surface area contributed by atoms with Crippen LogP contribution in [0, 0.1) is 5.82 Å². The van der Waals surface area contributed by atoms with Crippen LogP contribution in [0.4, 0.5) is 4.39 Å². The van der Waals surface area contributed by atoms with Crippen molar-refractivity contribution in [2.75, 3.05) is 19.7 Å². The summed E-state index contributed by atoms with van der Waals surface area (Å²) in [5, 5.41) is 10.00. The van der Waals surface area contributed by atoms with Crippen LogP contribution in [0.2, 0.25) is 0 Å². The van der Waals surface area contributed by atoms with Crippen LogP contribution < -0.4 is 0 Å². The summed E-state index contributed by atoms with van der Waals surface area (Å²) in [5.41, 5.74) is 5.11. The number of unbranched alkanes of at least 4 members (excludes halogenated alkanes) is 1. The average Bonchev–Trinajstić information content (AvgIpc) is 3.58. The molecule has 3 aliphatic rings. The monoisotopic (exact) mass is 466 g/mol. The lowest BCUT2D eigenvalue weighted by molar-refractivity contribution is -0.143. The number of carbonyl (C=O) groups is 1. The fraction of sp³-hybridized carbons (Fsp3) is 0.571. The maximum absolute atomic E-state index is 14.8. The van der Waals surface area contributed by atoms with E-state index in [9.17, 15) is 14.3 Å². The molecule has 0 bridgehead atoms. The molecule has 0 spiro atoms. The van der Waals surface area contributed by atoms with Crippen LogP contribution >= 0.6 is 0 Å². The summed E-state index contributed by atoms with van der Waals surface area (Å²) in [5.74, 6) is -1.09. The predicted molar refractivity (Wildman–Crippen MR) is 128 cm³/mol. The lowest BCUT2D eigenvalue weighted by Crippen LogP contribution is -2.34.